The number of nitrogens with one attached hydrogen (secondary N) is 1. The molecule has 2 unspecified atom stereocenters. The fourth-order valence-corrected chi connectivity index (χ4v) is 3.13. The molecular weight excluding hydrogens is 404 g/mol. The molecule has 0 aliphatic rings. The smallest absolute Gasteiger partial charge is 0.407 e. The van der Waals surface area contributed by atoms with E-state index in [2.05, 4.69) is 10.3 Å². The highest BCUT2D eigenvalue weighted by atomic mass is 35.5. The highest BCUT2D eigenvalue weighted by Gasteiger charge is 2.25. The third kappa shape index (κ3) is 8.13. The topological polar surface area (TPSA) is 88.5 Å². The van der Waals surface area contributed by atoms with Crippen molar-refractivity contribution >= 4 is 24.0 Å². The summed E-state index contributed by atoms with van der Waals surface area (Å²) in [7, 11) is 0. The molecule has 1 amide bonds. The maximum atomic E-state index is 12.3. The predicted molar refractivity (Wildman–Crippen MR) is 117 cm³/mol. The summed E-state index contributed by atoms with van der Waals surface area (Å²) in [5.41, 5.74) is 1.74. The molecule has 0 spiro atoms. The zero-order valence-electron chi connectivity index (χ0n) is 17.6. The van der Waals surface area contributed by atoms with Gasteiger partial charge < -0.3 is 15.2 Å². The number of nitrogens with zero attached hydrogens (tertiary/aromatic N) is 1. The Bertz CT molecular complexity index is 817. The molecule has 162 valence electrons. The Balaban J connectivity index is 1.97. The minimum absolute atomic E-state index is 0.336. The Hall–Kier alpha value is -2.44. The van der Waals surface area contributed by atoms with Gasteiger partial charge in [0.1, 0.15) is 23.1 Å². The monoisotopic (exact) mass is 432 g/mol. The molecule has 0 saturated carbocycles. The number of rotatable bonds is 9. The highest BCUT2D eigenvalue weighted by Crippen LogP contribution is 2.22. The van der Waals surface area contributed by atoms with Crippen LogP contribution in [0.3, 0.4) is 0 Å². The first-order valence-electron chi connectivity index (χ1n) is 10.0. The standard InChI is InChI=1S/C23H29ClN2O4/c1-23(2,3)30-22(29)26-19(21(28)18-12-13-20(24)25-14-18)7-5-4-6-16-8-10-17(15-27)11-9-16/h8-15,19,21,28H,4-7H2,1-3H3,(H,26,29). The van der Waals surface area contributed by atoms with Gasteiger partial charge in [-0.3, -0.25) is 4.79 Å². The Morgan fingerprint density at radius 1 is 1.20 bits per heavy atom. The van der Waals surface area contributed by atoms with Crippen molar-refractivity contribution in [1.29, 1.82) is 0 Å². The van der Waals surface area contributed by atoms with Gasteiger partial charge in [0.05, 0.1) is 6.04 Å². The average molecular weight is 433 g/mol. The van der Waals surface area contributed by atoms with Crippen molar-refractivity contribution in [1.82, 2.24) is 10.3 Å². The molecule has 0 bridgehead atoms. The summed E-state index contributed by atoms with van der Waals surface area (Å²) in [5, 5.41) is 13.9. The second-order valence-electron chi connectivity index (χ2n) is 8.22. The summed E-state index contributed by atoms with van der Waals surface area (Å²) < 4.78 is 5.34. The zero-order valence-corrected chi connectivity index (χ0v) is 18.4. The van der Waals surface area contributed by atoms with Gasteiger partial charge in [-0.15, -0.1) is 0 Å². The van der Waals surface area contributed by atoms with Crippen LogP contribution in [0.2, 0.25) is 5.15 Å². The first-order chi connectivity index (χ1) is 14.2. The number of amides is 1. The van der Waals surface area contributed by atoms with E-state index in [-0.39, 0.29) is 0 Å². The molecule has 2 N–H and O–H groups in total. The van der Waals surface area contributed by atoms with Crippen LogP contribution in [0.15, 0.2) is 42.6 Å². The maximum Gasteiger partial charge on any atom is 0.407 e. The third-order valence-corrected chi connectivity index (χ3v) is 4.75. The second kappa shape index (κ2) is 11.1. The van der Waals surface area contributed by atoms with Gasteiger partial charge in [-0.1, -0.05) is 48.4 Å². The van der Waals surface area contributed by atoms with Crippen LogP contribution in [-0.4, -0.2) is 34.1 Å². The molecule has 2 rings (SSSR count). The first-order valence-corrected chi connectivity index (χ1v) is 10.4. The lowest BCUT2D eigenvalue weighted by atomic mass is 9.97. The number of unbranched alkanes of at least 4 members (excludes halogenated alkanes) is 1. The summed E-state index contributed by atoms with van der Waals surface area (Å²) in [5.74, 6) is 0. The van der Waals surface area contributed by atoms with Gasteiger partial charge >= 0.3 is 6.09 Å². The van der Waals surface area contributed by atoms with E-state index in [1.807, 2.05) is 12.1 Å². The number of aldehydes is 1. The molecule has 2 aromatic rings. The van der Waals surface area contributed by atoms with Crippen LogP contribution in [0.5, 0.6) is 0 Å². The molecule has 1 aromatic heterocycles. The Morgan fingerprint density at radius 2 is 1.90 bits per heavy atom. The number of aryl methyl sites for hydroxylation is 1. The van der Waals surface area contributed by atoms with E-state index >= 15 is 0 Å². The van der Waals surface area contributed by atoms with Crippen molar-refractivity contribution < 1.29 is 19.4 Å². The van der Waals surface area contributed by atoms with Crippen LogP contribution in [-0.2, 0) is 11.2 Å². The molecular formula is C23H29ClN2O4. The van der Waals surface area contributed by atoms with Crippen LogP contribution < -0.4 is 5.32 Å². The number of pyridine rings is 1. The van der Waals surface area contributed by atoms with Gasteiger partial charge in [0.25, 0.3) is 0 Å². The number of hydrogen-bond donors (Lipinski definition) is 2. The zero-order chi connectivity index (χ0) is 22.1. The highest BCUT2D eigenvalue weighted by molar-refractivity contribution is 6.29. The second-order valence-corrected chi connectivity index (χ2v) is 8.60. The summed E-state index contributed by atoms with van der Waals surface area (Å²) in [6.07, 6.45) is 3.89. The van der Waals surface area contributed by atoms with Gasteiger partial charge in [0.2, 0.25) is 0 Å². The van der Waals surface area contributed by atoms with E-state index in [9.17, 15) is 14.7 Å². The molecule has 0 radical (unpaired) electrons. The van der Waals surface area contributed by atoms with Gasteiger partial charge in [0.15, 0.2) is 0 Å². The van der Waals surface area contributed by atoms with Crippen molar-refractivity contribution in [3.63, 3.8) is 0 Å². The van der Waals surface area contributed by atoms with Gasteiger partial charge in [-0.2, -0.15) is 0 Å². The number of ether oxygens (including phenoxy) is 1. The molecule has 6 nitrogen and oxygen atoms in total. The SMILES string of the molecule is CC(C)(C)OC(=O)NC(CCCCc1ccc(C=O)cc1)C(O)c1ccc(Cl)nc1. The Morgan fingerprint density at radius 3 is 2.47 bits per heavy atom. The number of benzene rings is 1. The molecule has 1 heterocycles. The first kappa shape index (κ1) is 23.8. The van der Waals surface area contributed by atoms with Crippen LogP contribution in [0.1, 0.15) is 67.6 Å². The lowest BCUT2D eigenvalue weighted by Crippen LogP contribution is -2.42. The lowest BCUT2D eigenvalue weighted by molar-refractivity contribution is 0.0411. The fourth-order valence-electron chi connectivity index (χ4n) is 3.02. The number of carbonyl (C=O) groups excluding carboxylic acids is 2. The van der Waals surface area contributed by atoms with Crippen LogP contribution >= 0.6 is 11.6 Å². The number of carbonyl (C=O) groups is 2. The number of aromatic nitrogens is 1. The largest absolute Gasteiger partial charge is 0.444 e. The summed E-state index contributed by atoms with van der Waals surface area (Å²) in [6, 6.07) is 10.2. The third-order valence-electron chi connectivity index (χ3n) is 4.52. The molecule has 7 heteroatoms. The van der Waals surface area contributed by atoms with Gasteiger partial charge in [-0.25, -0.2) is 9.78 Å². The molecule has 1 aromatic carbocycles. The number of hydrogen-bond acceptors (Lipinski definition) is 5. The summed E-state index contributed by atoms with van der Waals surface area (Å²) in [4.78, 5) is 27.0. The molecule has 0 saturated heterocycles. The molecule has 0 fully saturated rings. The minimum Gasteiger partial charge on any atom is -0.444 e. The summed E-state index contributed by atoms with van der Waals surface area (Å²) >= 11 is 5.83. The van der Waals surface area contributed by atoms with Crippen molar-refractivity contribution in [2.45, 2.75) is 64.2 Å². The minimum atomic E-state index is -0.936. The maximum absolute atomic E-state index is 12.3. The van der Waals surface area contributed by atoms with Crippen molar-refractivity contribution in [3.8, 4) is 0 Å². The van der Waals surface area contributed by atoms with Crippen molar-refractivity contribution in [2.24, 2.45) is 0 Å². The van der Waals surface area contributed by atoms with Crippen molar-refractivity contribution in [2.75, 3.05) is 0 Å². The van der Waals surface area contributed by atoms with E-state index in [0.29, 0.717) is 22.7 Å². The number of halogens is 1. The van der Waals surface area contributed by atoms with Gasteiger partial charge in [0, 0.05) is 17.3 Å². The van der Waals surface area contributed by atoms with Crippen LogP contribution in [0.25, 0.3) is 0 Å². The normalized spacial score (nSPS) is 13.4. The molecule has 2 atom stereocenters. The van der Waals surface area contributed by atoms with Crippen LogP contribution in [0.4, 0.5) is 4.79 Å². The fraction of sp³-hybridized carbons (Fsp3) is 0.435. The van der Waals surface area contributed by atoms with E-state index in [0.717, 1.165) is 31.1 Å². The predicted octanol–water partition coefficient (Wildman–Crippen LogP) is 4.89. The molecule has 0 aliphatic carbocycles. The molecule has 0 aliphatic heterocycles. The number of aliphatic hydroxyl groups is 1. The van der Waals surface area contributed by atoms with E-state index in [4.69, 9.17) is 16.3 Å². The van der Waals surface area contributed by atoms with E-state index in [1.165, 1.54) is 6.20 Å². The summed E-state index contributed by atoms with van der Waals surface area (Å²) in [6.45, 7) is 5.37. The number of aliphatic hydroxyl groups excluding tert-OH is 1. The lowest BCUT2D eigenvalue weighted by Gasteiger charge is -2.27. The van der Waals surface area contributed by atoms with Crippen LogP contribution in [0, 0.1) is 0 Å². The Labute approximate surface area is 182 Å². The van der Waals surface area contributed by atoms with E-state index < -0.39 is 23.8 Å². The van der Waals surface area contributed by atoms with E-state index in [1.54, 1.807) is 45.0 Å². The molecule has 30 heavy (non-hydrogen) atoms. The van der Waals surface area contributed by atoms with Crippen molar-refractivity contribution in [3.05, 3.63) is 64.4 Å². The average Bonchev–Trinajstić information content (AvgIpc) is 2.69. The van der Waals surface area contributed by atoms with Gasteiger partial charge in [-0.05, 0) is 51.7 Å². The quantitative estimate of drug-likeness (QED) is 0.334. The number of alkyl carbamates (subject to hydrolysis) is 1. The Kier molecular flexibility index (Phi) is 8.81.